The van der Waals surface area contributed by atoms with E-state index >= 15 is 0 Å². The average Bonchev–Trinajstić information content (AvgIpc) is 3.26. The van der Waals surface area contributed by atoms with Crippen LogP contribution in [0.25, 0.3) is 0 Å². The van der Waals surface area contributed by atoms with Crippen molar-refractivity contribution in [3.05, 3.63) is 51.5 Å². The predicted molar refractivity (Wildman–Crippen MR) is 127 cm³/mol. The van der Waals surface area contributed by atoms with E-state index < -0.39 is 17.2 Å². The summed E-state index contributed by atoms with van der Waals surface area (Å²) in [5.41, 5.74) is 5.55. The van der Waals surface area contributed by atoms with E-state index in [2.05, 4.69) is 10.3 Å². The van der Waals surface area contributed by atoms with Gasteiger partial charge in [-0.05, 0) is 62.9 Å². The minimum Gasteiger partial charge on any atom is -0.419 e. The maximum Gasteiger partial charge on any atom is 0.353 e. The summed E-state index contributed by atoms with van der Waals surface area (Å²) < 4.78 is 19.6. The molecule has 1 aromatic heterocycles. The van der Waals surface area contributed by atoms with Crippen molar-refractivity contribution in [2.45, 2.75) is 59.4 Å². The highest BCUT2D eigenvalue weighted by Gasteiger charge is 2.36. The minimum atomic E-state index is -0.697. The molecule has 32 heavy (non-hydrogen) atoms. The lowest BCUT2D eigenvalue weighted by molar-refractivity contribution is -0.132. The monoisotopic (exact) mass is 461 g/mol. The van der Waals surface area contributed by atoms with Crippen molar-refractivity contribution in [3.63, 3.8) is 0 Å². The van der Waals surface area contributed by atoms with Crippen molar-refractivity contribution in [1.29, 1.82) is 0 Å². The molecule has 1 heterocycles. The second kappa shape index (κ2) is 11.2. The number of thiophene rings is 1. The second-order valence-corrected chi connectivity index (χ2v) is 9.02. The Kier molecular flexibility index (Phi) is 8.95. The first-order valence-corrected chi connectivity index (χ1v) is 11.6. The largest absolute Gasteiger partial charge is 0.419 e. The molecule has 0 aliphatic rings. The number of ether oxygens (including phenoxy) is 1. The van der Waals surface area contributed by atoms with E-state index in [9.17, 15) is 14.0 Å². The van der Waals surface area contributed by atoms with Gasteiger partial charge in [-0.2, -0.15) is 0 Å². The van der Waals surface area contributed by atoms with Crippen molar-refractivity contribution >= 4 is 29.0 Å². The highest BCUT2D eigenvalue weighted by molar-refractivity contribution is 7.14. The van der Waals surface area contributed by atoms with Crippen molar-refractivity contribution < 1.29 is 18.7 Å². The molecule has 0 saturated carbocycles. The van der Waals surface area contributed by atoms with E-state index in [1.807, 2.05) is 33.8 Å². The number of amidine groups is 1. The third-order valence-electron chi connectivity index (χ3n) is 5.87. The van der Waals surface area contributed by atoms with Crippen LogP contribution in [0.1, 0.15) is 67.1 Å². The van der Waals surface area contributed by atoms with E-state index in [1.165, 1.54) is 30.5 Å². The van der Waals surface area contributed by atoms with Gasteiger partial charge in [0.25, 0.3) is 0 Å². The molecule has 3 N–H and O–H groups in total. The first-order valence-electron chi connectivity index (χ1n) is 10.8. The quantitative estimate of drug-likeness (QED) is 0.232. The zero-order valence-electron chi connectivity index (χ0n) is 19.3. The fourth-order valence-corrected chi connectivity index (χ4v) is 4.35. The van der Waals surface area contributed by atoms with Gasteiger partial charge in [-0.15, -0.1) is 11.3 Å². The molecule has 0 saturated heterocycles. The molecule has 0 aliphatic carbocycles. The molecular formula is C24H32FN3O3S. The molecule has 0 bridgehead atoms. The summed E-state index contributed by atoms with van der Waals surface area (Å²) in [6, 6.07) is 7.66. The summed E-state index contributed by atoms with van der Waals surface area (Å²) in [5.74, 6) is -1.30. The van der Waals surface area contributed by atoms with Gasteiger partial charge in [0.05, 0.1) is 5.41 Å². The molecule has 2 rings (SSSR count). The number of rotatable bonds is 10. The minimum absolute atomic E-state index is 0.0337. The molecule has 1 atom stereocenters. The van der Waals surface area contributed by atoms with Crippen LogP contribution in [0.4, 0.5) is 4.39 Å². The second-order valence-electron chi connectivity index (χ2n) is 7.86. The normalized spacial score (nSPS) is 13.0. The Morgan fingerprint density at radius 2 is 1.91 bits per heavy atom. The van der Waals surface area contributed by atoms with Gasteiger partial charge < -0.3 is 15.8 Å². The molecule has 0 spiro atoms. The first-order chi connectivity index (χ1) is 15.2. The molecule has 6 nitrogen and oxygen atoms in total. The smallest absolute Gasteiger partial charge is 0.353 e. The summed E-state index contributed by atoms with van der Waals surface area (Å²) in [4.78, 5) is 30.6. The number of carbonyl (C=O) groups excluding carboxylic acids is 2. The van der Waals surface area contributed by atoms with E-state index in [-0.39, 0.29) is 23.5 Å². The average molecular weight is 462 g/mol. The van der Waals surface area contributed by atoms with Crippen LogP contribution in [-0.4, -0.2) is 30.8 Å². The van der Waals surface area contributed by atoms with Gasteiger partial charge in [0.15, 0.2) is 11.6 Å². The molecular weight excluding hydrogens is 429 g/mol. The van der Waals surface area contributed by atoms with Crippen LogP contribution in [-0.2, 0) is 11.2 Å². The predicted octanol–water partition coefficient (Wildman–Crippen LogP) is 4.71. The van der Waals surface area contributed by atoms with Crippen LogP contribution in [0, 0.1) is 11.2 Å². The molecule has 0 fully saturated rings. The van der Waals surface area contributed by atoms with E-state index in [1.54, 1.807) is 12.1 Å². The van der Waals surface area contributed by atoms with Crippen molar-refractivity contribution in [2.24, 2.45) is 16.1 Å². The van der Waals surface area contributed by atoms with Crippen molar-refractivity contribution in [3.8, 4) is 5.75 Å². The number of nitrogens with one attached hydrogen (secondary N) is 1. The third-order valence-corrected chi connectivity index (χ3v) is 6.94. The number of nitrogens with zero attached hydrogens (tertiary/aromatic N) is 1. The number of hydrogen-bond acceptors (Lipinski definition) is 5. The zero-order valence-corrected chi connectivity index (χ0v) is 20.1. The van der Waals surface area contributed by atoms with Gasteiger partial charge in [0.2, 0.25) is 5.91 Å². The Morgan fingerprint density at radius 1 is 1.22 bits per heavy atom. The fourth-order valence-electron chi connectivity index (χ4n) is 3.32. The third kappa shape index (κ3) is 5.94. The number of carbonyl (C=O) groups is 2. The zero-order chi connectivity index (χ0) is 23.9. The van der Waals surface area contributed by atoms with Gasteiger partial charge in [0.1, 0.15) is 10.7 Å². The highest BCUT2D eigenvalue weighted by atomic mass is 32.1. The standard InChI is InChI=1S/C24H32FN3O3S/c1-6-15(4)28-23(30)24(7-2,8-3)14-17-10-12-20(32-17)22(29)31-19-11-9-16(13-18(19)25)21(26)27-5/h9-13,15H,6-8,14H2,1-5H3,(H2,26,27)(H,28,30)/t15-/m1/s1. The molecule has 0 radical (unpaired) electrons. The lowest BCUT2D eigenvalue weighted by Gasteiger charge is -2.31. The molecule has 2 aromatic rings. The van der Waals surface area contributed by atoms with Crippen LogP contribution < -0.4 is 15.8 Å². The molecule has 0 aliphatic heterocycles. The van der Waals surface area contributed by atoms with Gasteiger partial charge in [-0.25, -0.2) is 9.18 Å². The van der Waals surface area contributed by atoms with Crippen molar-refractivity contribution in [1.82, 2.24) is 5.32 Å². The summed E-state index contributed by atoms with van der Waals surface area (Å²) in [7, 11) is 1.51. The lowest BCUT2D eigenvalue weighted by atomic mass is 9.77. The SMILES string of the molecule is CC[C@@H](C)NC(=O)C(CC)(CC)Cc1ccc(C(=O)Oc2ccc(C(N)=NC)cc2F)s1. The summed E-state index contributed by atoms with van der Waals surface area (Å²) in [6.07, 6.45) is 2.76. The molecule has 8 heteroatoms. The molecule has 174 valence electrons. The van der Waals surface area contributed by atoms with Gasteiger partial charge in [-0.1, -0.05) is 20.8 Å². The van der Waals surface area contributed by atoms with Crippen LogP contribution in [0.15, 0.2) is 35.3 Å². The topological polar surface area (TPSA) is 93.8 Å². The maximum absolute atomic E-state index is 14.3. The Labute approximate surface area is 193 Å². The van der Waals surface area contributed by atoms with Gasteiger partial charge in [0, 0.05) is 23.5 Å². The van der Waals surface area contributed by atoms with E-state index in [0.717, 1.165) is 11.3 Å². The first kappa shape index (κ1) is 25.5. The number of amides is 1. The van der Waals surface area contributed by atoms with Gasteiger partial charge >= 0.3 is 5.97 Å². The van der Waals surface area contributed by atoms with Crippen LogP contribution in [0.2, 0.25) is 0 Å². The highest BCUT2D eigenvalue weighted by Crippen LogP contribution is 2.34. The van der Waals surface area contributed by atoms with E-state index in [4.69, 9.17) is 10.5 Å². The molecule has 0 unspecified atom stereocenters. The Balaban J connectivity index is 2.15. The number of halogens is 1. The number of benzene rings is 1. The van der Waals surface area contributed by atoms with Crippen LogP contribution in [0.3, 0.4) is 0 Å². The number of hydrogen-bond donors (Lipinski definition) is 2. The molecule has 1 amide bonds. The number of nitrogens with two attached hydrogens (primary N) is 1. The number of aliphatic imine (C=N–C) groups is 1. The van der Waals surface area contributed by atoms with Crippen LogP contribution >= 0.6 is 11.3 Å². The Bertz CT molecular complexity index is 983. The number of esters is 1. The summed E-state index contributed by atoms with van der Waals surface area (Å²) in [5, 5.41) is 3.09. The summed E-state index contributed by atoms with van der Waals surface area (Å²) >= 11 is 1.26. The van der Waals surface area contributed by atoms with E-state index in [0.29, 0.717) is 29.7 Å². The fraction of sp³-hybridized carbons (Fsp3) is 0.458. The Morgan fingerprint density at radius 3 is 2.47 bits per heavy atom. The van der Waals surface area contributed by atoms with Crippen molar-refractivity contribution in [2.75, 3.05) is 7.05 Å². The summed E-state index contributed by atoms with van der Waals surface area (Å²) in [6.45, 7) is 8.03. The maximum atomic E-state index is 14.3. The lowest BCUT2D eigenvalue weighted by Crippen LogP contribution is -2.45. The molecule has 1 aromatic carbocycles. The van der Waals surface area contributed by atoms with Crippen LogP contribution in [0.5, 0.6) is 5.75 Å². The van der Waals surface area contributed by atoms with Gasteiger partial charge in [-0.3, -0.25) is 9.79 Å². The Hall–Kier alpha value is -2.74.